The van der Waals surface area contributed by atoms with Crippen LogP contribution in [-0.4, -0.2) is 5.96 Å². The van der Waals surface area contributed by atoms with Crippen molar-refractivity contribution in [3.05, 3.63) is 64.7 Å². The lowest BCUT2D eigenvalue weighted by Gasteiger charge is -2.24. The maximum atomic E-state index is 7.98. The zero-order chi connectivity index (χ0) is 17.3. The molecule has 2 aromatic carbocycles. The minimum absolute atomic E-state index is 0. The minimum atomic E-state index is 0. The molecule has 0 aliphatic heterocycles. The molecule has 0 bridgehead atoms. The summed E-state index contributed by atoms with van der Waals surface area (Å²) in [5, 5.41) is 7.98. The Morgan fingerprint density at radius 1 is 1.04 bits per heavy atom. The number of aryl methyl sites for hydroxylation is 2. The highest BCUT2D eigenvalue weighted by Crippen LogP contribution is 2.28. The van der Waals surface area contributed by atoms with Gasteiger partial charge in [0, 0.05) is 5.69 Å². The first-order valence-corrected chi connectivity index (χ1v) is 8.67. The molecule has 3 rings (SSSR count). The van der Waals surface area contributed by atoms with Gasteiger partial charge >= 0.3 is 0 Å². The Kier molecular flexibility index (Phi) is 5.79. The van der Waals surface area contributed by atoms with Gasteiger partial charge in [0.25, 0.3) is 0 Å². The summed E-state index contributed by atoms with van der Waals surface area (Å²) in [6.45, 7) is 7.27. The van der Waals surface area contributed by atoms with E-state index in [9.17, 15) is 0 Å². The monoisotopic (exact) mass is 357 g/mol. The van der Waals surface area contributed by atoms with E-state index >= 15 is 0 Å². The standard InChI is InChI=1S/C21H27N3.ClH/c1-21(2,3)18-10-7-15(8-11-18)14-24(20(22)23)19-12-9-16-5-4-6-17(16)13-19;/h7-13H,4-6,14H2,1-3H3,(H3,22,23);1H. The van der Waals surface area contributed by atoms with Crippen LogP contribution in [-0.2, 0) is 24.8 Å². The molecule has 25 heavy (non-hydrogen) atoms. The first-order chi connectivity index (χ1) is 11.3. The molecule has 1 aliphatic rings. The van der Waals surface area contributed by atoms with E-state index in [1.807, 2.05) is 4.90 Å². The maximum Gasteiger partial charge on any atom is 0.193 e. The number of hydrogen-bond acceptors (Lipinski definition) is 1. The summed E-state index contributed by atoms with van der Waals surface area (Å²) >= 11 is 0. The van der Waals surface area contributed by atoms with Gasteiger partial charge in [0.2, 0.25) is 0 Å². The smallest absolute Gasteiger partial charge is 0.193 e. The highest BCUT2D eigenvalue weighted by molar-refractivity contribution is 5.92. The Labute approximate surface area is 157 Å². The molecule has 0 saturated heterocycles. The van der Waals surface area contributed by atoms with Crippen LogP contribution in [0.1, 0.15) is 49.4 Å². The number of halogens is 1. The van der Waals surface area contributed by atoms with Crippen molar-refractivity contribution in [3.8, 4) is 0 Å². The topological polar surface area (TPSA) is 53.1 Å². The van der Waals surface area contributed by atoms with Crippen LogP contribution in [0.15, 0.2) is 42.5 Å². The van der Waals surface area contributed by atoms with Crippen LogP contribution < -0.4 is 10.6 Å². The molecule has 0 amide bonds. The minimum Gasteiger partial charge on any atom is -0.370 e. The highest BCUT2D eigenvalue weighted by Gasteiger charge is 2.17. The van der Waals surface area contributed by atoms with E-state index in [0.29, 0.717) is 6.54 Å². The molecule has 134 valence electrons. The van der Waals surface area contributed by atoms with Gasteiger partial charge in [0.1, 0.15) is 0 Å². The summed E-state index contributed by atoms with van der Waals surface area (Å²) in [5.41, 5.74) is 12.4. The van der Waals surface area contributed by atoms with Crippen LogP contribution in [0.3, 0.4) is 0 Å². The van der Waals surface area contributed by atoms with Gasteiger partial charge in [0.15, 0.2) is 5.96 Å². The first-order valence-electron chi connectivity index (χ1n) is 8.67. The van der Waals surface area contributed by atoms with Crippen LogP contribution in [0.25, 0.3) is 0 Å². The van der Waals surface area contributed by atoms with Gasteiger partial charge in [-0.05, 0) is 59.1 Å². The van der Waals surface area contributed by atoms with Crippen molar-refractivity contribution in [1.82, 2.24) is 0 Å². The van der Waals surface area contributed by atoms with Gasteiger partial charge in [0.05, 0.1) is 6.54 Å². The van der Waals surface area contributed by atoms with E-state index < -0.39 is 0 Å². The summed E-state index contributed by atoms with van der Waals surface area (Å²) in [7, 11) is 0. The second-order valence-corrected chi connectivity index (χ2v) is 7.72. The number of nitrogens with one attached hydrogen (secondary N) is 1. The second-order valence-electron chi connectivity index (χ2n) is 7.72. The number of rotatable bonds is 3. The van der Waals surface area contributed by atoms with Crippen molar-refractivity contribution in [2.45, 2.75) is 52.0 Å². The van der Waals surface area contributed by atoms with Gasteiger partial charge in [-0.3, -0.25) is 5.41 Å². The maximum absolute atomic E-state index is 7.98. The third-order valence-corrected chi connectivity index (χ3v) is 4.85. The van der Waals surface area contributed by atoms with E-state index in [1.54, 1.807) is 0 Å². The molecule has 0 radical (unpaired) electrons. The van der Waals surface area contributed by atoms with Crippen LogP contribution in [0.4, 0.5) is 5.69 Å². The van der Waals surface area contributed by atoms with E-state index in [-0.39, 0.29) is 23.8 Å². The lowest BCUT2D eigenvalue weighted by Crippen LogP contribution is -2.36. The normalized spacial score (nSPS) is 13.1. The van der Waals surface area contributed by atoms with Crippen LogP contribution >= 0.6 is 12.4 Å². The van der Waals surface area contributed by atoms with Crippen molar-refractivity contribution in [1.29, 1.82) is 5.41 Å². The molecule has 0 saturated carbocycles. The number of nitrogens with two attached hydrogens (primary N) is 1. The number of benzene rings is 2. The second kappa shape index (κ2) is 7.49. The number of nitrogens with zero attached hydrogens (tertiary/aromatic N) is 1. The summed E-state index contributed by atoms with van der Waals surface area (Å²) in [4.78, 5) is 1.88. The molecular weight excluding hydrogens is 330 g/mol. The van der Waals surface area contributed by atoms with Crippen molar-refractivity contribution >= 4 is 24.1 Å². The first kappa shape index (κ1) is 19.3. The van der Waals surface area contributed by atoms with Gasteiger partial charge in [-0.25, -0.2) is 0 Å². The molecule has 3 nitrogen and oxygen atoms in total. The lowest BCUT2D eigenvalue weighted by atomic mass is 9.87. The number of hydrogen-bond donors (Lipinski definition) is 2. The number of fused-ring (bicyclic) bond motifs is 1. The van der Waals surface area contributed by atoms with E-state index in [2.05, 4.69) is 63.2 Å². The van der Waals surface area contributed by atoms with Gasteiger partial charge in [-0.2, -0.15) is 0 Å². The fourth-order valence-corrected chi connectivity index (χ4v) is 3.33. The van der Waals surface area contributed by atoms with Crippen LogP contribution in [0.2, 0.25) is 0 Å². The lowest BCUT2D eigenvalue weighted by molar-refractivity contribution is 0.590. The number of anilines is 1. The summed E-state index contributed by atoms with van der Waals surface area (Å²) in [6, 6.07) is 15.1. The van der Waals surface area contributed by atoms with Crippen LogP contribution in [0, 0.1) is 5.41 Å². The van der Waals surface area contributed by atoms with Gasteiger partial charge in [-0.1, -0.05) is 51.1 Å². The van der Waals surface area contributed by atoms with Gasteiger partial charge < -0.3 is 10.6 Å². The predicted octanol–water partition coefficient (Wildman–Crippen LogP) is 4.79. The van der Waals surface area contributed by atoms with Crippen molar-refractivity contribution in [2.75, 3.05) is 4.90 Å². The molecule has 0 atom stereocenters. The highest BCUT2D eigenvalue weighted by atomic mass is 35.5. The van der Waals surface area contributed by atoms with Gasteiger partial charge in [-0.15, -0.1) is 12.4 Å². The average Bonchev–Trinajstić information content (AvgIpc) is 2.99. The zero-order valence-corrected chi connectivity index (χ0v) is 16.1. The third-order valence-electron chi connectivity index (χ3n) is 4.85. The fourth-order valence-electron chi connectivity index (χ4n) is 3.33. The van der Waals surface area contributed by atoms with Crippen molar-refractivity contribution in [3.63, 3.8) is 0 Å². The van der Waals surface area contributed by atoms with E-state index in [0.717, 1.165) is 12.1 Å². The van der Waals surface area contributed by atoms with Crippen LogP contribution in [0.5, 0.6) is 0 Å². The Morgan fingerprint density at radius 2 is 1.68 bits per heavy atom. The van der Waals surface area contributed by atoms with Crippen molar-refractivity contribution < 1.29 is 0 Å². The Bertz CT molecular complexity index is 745. The average molecular weight is 358 g/mol. The molecule has 1 aliphatic carbocycles. The Morgan fingerprint density at radius 3 is 2.28 bits per heavy atom. The molecule has 3 N–H and O–H groups in total. The molecule has 0 aromatic heterocycles. The molecular formula is C21H28ClN3. The molecule has 2 aromatic rings. The molecule has 0 fully saturated rings. The quantitative estimate of drug-likeness (QED) is 0.612. The van der Waals surface area contributed by atoms with E-state index in [1.165, 1.54) is 35.1 Å². The summed E-state index contributed by atoms with van der Waals surface area (Å²) in [6.07, 6.45) is 3.53. The molecule has 0 heterocycles. The molecule has 4 heteroatoms. The molecule has 0 spiro atoms. The Balaban J connectivity index is 0.00000225. The fraction of sp³-hybridized carbons (Fsp3) is 0.381. The Hall–Kier alpha value is -2.00. The zero-order valence-electron chi connectivity index (χ0n) is 15.3. The summed E-state index contributed by atoms with van der Waals surface area (Å²) < 4.78 is 0. The van der Waals surface area contributed by atoms with E-state index in [4.69, 9.17) is 11.1 Å². The van der Waals surface area contributed by atoms with Crippen molar-refractivity contribution in [2.24, 2.45) is 5.73 Å². The number of guanidine groups is 1. The SMILES string of the molecule is CC(C)(C)c1ccc(CN(C(=N)N)c2ccc3c(c2)CCC3)cc1.Cl. The summed E-state index contributed by atoms with van der Waals surface area (Å²) in [5.74, 6) is 0.0906. The molecule has 0 unspecified atom stereocenters. The largest absolute Gasteiger partial charge is 0.370 e. The third kappa shape index (κ3) is 4.35. The predicted molar refractivity (Wildman–Crippen MR) is 109 cm³/mol.